The molecule has 4 aromatic rings. The van der Waals surface area contributed by atoms with Crippen LogP contribution in [0.4, 0.5) is 52.7 Å². The van der Waals surface area contributed by atoms with Gasteiger partial charge >= 0.3 is 48.6 Å². The SMILES string of the molecule is O=C(O)c1ccc(C(c2ccc(C(=O)O)cc2)(C(F)(F)F)C(F)(F)F)cc1.O=C(O)c1ccc(C(c2ccc(C(=O)O)cc2)(C(F)(F)F)C(F)(F)F)cc1. The molecule has 0 aliphatic rings. The summed E-state index contributed by atoms with van der Waals surface area (Å²) in [7, 11) is 0. The van der Waals surface area contributed by atoms with Crippen LogP contribution in [-0.2, 0) is 10.8 Å². The van der Waals surface area contributed by atoms with Gasteiger partial charge in [-0.3, -0.25) is 0 Å². The Morgan fingerprint density at radius 3 is 0.519 bits per heavy atom. The monoisotopic (exact) mass is 784 g/mol. The van der Waals surface area contributed by atoms with E-state index in [1.165, 1.54) is 0 Å². The zero-order valence-corrected chi connectivity index (χ0v) is 26.2. The van der Waals surface area contributed by atoms with E-state index in [0.717, 1.165) is 0 Å². The van der Waals surface area contributed by atoms with Crippen molar-refractivity contribution in [2.24, 2.45) is 0 Å². The van der Waals surface area contributed by atoms with Crippen molar-refractivity contribution >= 4 is 23.9 Å². The number of halogens is 12. The van der Waals surface area contributed by atoms with Crippen LogP contribution in [0.2, 0.25) is 0 Å². The second-order valence-electron chi connectivity index (χ2n) is 11.0. The highest BCUT2D eigenvalue weighted by Crippen LogP contribution is 2.57. The second kappa shape index (κ2) is 14.7. The number of rotatable bonds is 8. The number of carboxylic acids is 4. The molecule has 54 heavy (non-hydrogen) atoms. The number of alkyl halides is 12. The molecule has 0 heterocycles. The smallest absolute Gasteiger partial charge is 0.411 e. The quantitative estimate of drug-likeness (QED) is 0.129. The van der Waals surface area contributed by atoms with E-state index in [0.29, 0.717) is 97.1 Å². The van der Waals surface area contributed by atoms with Crippen LogP contribution in [0.1, 0.15) is 63.7 Å². The summed E-state index contributed by atoms with van der Waals surface area (Å²) < 4.78 is 166. The Hall–Kier alpha value is -6.08. The lowest BCUT2D eigenvalue weighted by atomic mass is 9.72. The van der Waals surface area contributed by atoms with E-state index >= 15 is 0 Å². The molecule has 20 heteroatoms. The molecule has 4 N–H and O–H groups in total. The highest BCUT2D eigenvalue weighted by molar-refractivity contribution is 5.89. The molecule has 8 nitrogen and oxygen atoms in total. The normalized spacial score (nSPS) is 12.7. The molecular weight excluding hydrogens is 764 g/mol. The van der Waals surface area contributed by atoms with Gasteiger partial charge in [-0.25, -0.2) is 19.2 Å². The summed E-state index contributed by atoms with van der Waals surface area (Å²) in [6.45, 7) is 0. The van der Waals surface area contributed by atoms with Crippen molar-refractivity contribution in [1.29, 1.82) is 0 Å². The molecule has 0 atom stereocenters. The first-order valence-corrected chi connectivity index (χ1v) is 14.3. The minimum atomic E-state index is -5.85. The van der Waals surface area contributed by atoms with E-state index < -0.39 is 104 Å². The molecule has 0 aliphatic carbocycles. The Morgan fingerprint density at radius 1 is 0.296 bits per heavy atom. The topological polar surface area (TPSA) is 149 Å². The van der Waals surface area contributed by atoms with Crippen molar-refractivity contribution in [2.75, 3.05) is 0 Å². The van der Waals surface area contributed by atoms with E-state index in [9.17, 15) is 71.9 Å². The Morgan fingerprint density at radius 2 is 0.426 bits per heavy atom. The van der Waals surface area contributed by atoms with Gasteiger partial charge in [0.1, 0.15) is 0 Å². The van der Waals surface area contributed by atoms with E-state index in [1.807, 2.05) is 0 Å². The molecule has 0 fully saturated rings. The third-order valence-electron chi connectivity index (χ3n) is 7.96. The lowest BCUT2D eigenvalue weighted by Crippen LogP contribution is -2.54. The minimum Gasteiger partial charge on any atom is -0.478 e. The highest BCUT2D eigenvalue weighted by atomic mass is 19.4. The Labute approximate surface area is 293 Å². The molecule has 0 aromatic heterocycles. The molecule has 0 aliphatic heterocycles. The van der Waals surface area contributed by atoms with Gasteiger partial charge in [0.15, 0.2) is 0 Å². The van der Waals surface area contributed by atoms with Gasteiger partial charge in [-0.2, -0.15) is 52.7 Å². The minimum absolute atomic E-state index is 0.440. The van der Waals surface area contributed by atoms with Crippen LogP contribution in [0.15, 0.2) is 97.1 Å². The van der Waals surface area contributed by atoms with E-state index in [2.05, 4.69) is 0 Å². The Kier molecular flexibility index (Phi) is 11.6. The Balaban J connectivity index is 0.000000290. The van der Waals surface area contributed by atoms with Gasteiger partial charge in [-0.1, -0.05) is 48.5 Å². The average molecular weight is 785 g/mol. The van der Waals surface area contributed by atoms with Crippen LogP contribution in [-0.4, -0.2) is 69.0 Å². The predicted molar refractivity (Wildman–Crippen MR) is 159 cm³/mol. The highest BCUT2D eigenvalue weighted by Gasteiger charge is 2.73. The second-order valence-corrected chi connectivity index (χ2v) is 11.0. The lowest BCUT2D eigenvalue weighted by Gasteiger charge is -2.38. The maximum atomic E-state index is 13.8. The average Bonchev–Trinajstić information content (AvgIpc) is 3.04. The fourth-order valence-corrected chi connectivity index (χ4v) is 5.42. The molecule has 0 spiro atoms. The predicted octanol–water partition coefficient (Wildman–Crippen LogP) is 8.99. The molecule has 4 aromatic carbocycles. The van der Waals surface area contributed by atoms with Crippen LogP contribution < -0.4 is 0 Å². The first-order valence-electron chi connectivity index (χ1n) is 14.3. The number of aromatic carboxylic acids is 4. The van der Waals surface area contributed by atoms with Gasteiger partial charge in [-0.15, -0.1) is 0 Å². The zero-order chi connectivity index (χ0) is 41.2. The lowest BCUT2D eigenvalue weighted by molar-refractivity contribution is -0.290. The number of carboxylic acid groups (broad SMARTS) is 4. The summed E-state index contributed by atoms with van der Waals surface area (Å²) in [6.07, 6.45) is -23.4. The molecule has 288 valence electrons. The molecule has 0 saturated carbocycles. The van der Waals surface area contributed by atoms with Gasteiger partial charge in [0.05, 0.1) is 22.3 Å². The van der Waals surface area contributed by atoms with Crippen molar-refractivity contribution in [2.45, 2.75) is 35.5 Å². The molecule has 0 radical (unpaired) electrons. The molecule has 0 unspecified atom stereocenters. The fraction of sp³-hybridized carbons (Fsp3) is 0.176. The zero-order valence-electron chi connectivity index (χ0n) is 26.2. The van der Waals surface area contributed by atoms with Gasteiger partial charge < -0.3 is 20.4 Å². The number of benzene rings is 4. The summed E-state index contributed by atoms with van der Waals surface area (Å²) in [5.74, 6) is -6.07. The largest absolute Gasteiger partial charge is 0.478 e. The summed E-state index contributed by atoms with van der Waals surface area (Å²) in [6, 6.07) is 8.60. The number of carbonyl (C=O) groups is 4. The van der Waals surface area contributed by atoms with Crippen molar-refractivity contribution < 1.29 is 92.3 Å². The summed E-state index contributed by atoms with van der Waals surface area (Å²) in [4.78, 5) is 43.3. The number of hydrogen-bond acceptors (Lipinski definition) is 4. The van der Waals surface area contributed by atoms with Gasteiger partial charge in [0.2, 0.25) is 10.8 Å². The first-order chi connectivity index (χ1) is 24.6. The van der Waals surface area contributed by atoms with Crippen LogP contribution in [0.25, 0.3) is 0 Å². The molecule has 0 bridgehead atoms. The summed E-state index contributed by atoms with van der Waals surface area (Å²) in [5.41, 5.74) is -15.8. The third-order valence-corrected chi connectivity index (χ3v) is 7.96. The van der Waals surface area contributed by atoms with Crippen molar-refractivity contribution in [1.82, 2.24) is 0 Å². The summed E-state index contributed by atoms with van der Waals surface area (Å²) in [5, 5.41) is 35.2. The molecule has 4 rings (SSSR count). The van der Waals surface area contributed by atoms with E-state index in [-0.39, 0.29) is 0 Å². The van der Waals surface area contributed by atoms with Crippen LogP contribution >= 0.6 is 0 Å². The standard InChI is InChI=1S/2C17H10F6O4/c2*18-16(19,20)15(17(21,22)23,11-5-1-9(2-6-11)13(24)25)12-7-3-10(4-8-12)14(26)27/h2*1-8H,(H,24,25)(H,26,27). The van der Waals surface area contributed by atoms with Crippen LogP contribution in [0, 0.1) is 0 Å². The Bertz CT molecular complexity index is 1700. The van der Waals surface area contributed by atoms with E-state index in [1.54, 1.807) is 0 Å². The summed E-state index contributed by atoms with van der Waals surface area (Å²) >= 11 is 0. The molecular formula is C34H20F12O8. The number of hydrogen-bond donors (Lipinski definition) is 4. The maximum absolute atomic E-state index is 13.8. The molecule has 0 amide bonds. The first kappa shape index (κ1) is 42.3. The van der Waals surface area contributed by atoms with Gasteiger partial charge in [-0.05, 0) is 70.8 Å². The van der Waals surface area contributed by atoms with Crippen molar-refractivity contribution in [3.05, 3.63) is 142 Å². The van der Waals surface area contributed by atoms with E-state index in [4.69, 9.17) is 20.4 Å². The fourth-order valence-electron chi connectivity index (χ4n) is 5.42. The van der Waals surface area contributed by atoms with Crippen molar-refractivity contribution in [3.8, 4) is 0 Å². The maximum Gasteiger partial charge on any atom is 0.411 e. The van der Waals surface area contributed by atoms with Crippen molar-refractivity contribution in [3.63, 3.8) is 0 Å². The van der Waals surface area contributed by atoms with Gasteiger partial charge in [0, 0.05) is 0 Å². The van der Waals surface area contributed by atoms with Crippen LogP contribution in [0.5, 0.6) is 0 Å². The third kappa shape index (κ3) is 7.67. The molecule has 0 saturated heterocycles. The van der Waals surface area contributed by atoms with Crippen LogP contribution in [0.3, 0.4) is 0 Å². The van der Waals surface area contributed by atoms with Gasteiger partial charge in [0.25, 0.3) is 0 Å².